The maximum absolute atomic E-state index is 14.2. The van der Waals surface area contributed by atoms with Gasteiger partial charge in [-0.3, -0.25) is 4.79 Å². The lowest BCUT2D eigenvalue weighted by Gasteiger charge is -2.45. The van der Waals surface area contributed by atoms with E-state index in [0.717, 1.165) is 6.07 Å². The van der Waals surface area contributed by atoms with Gasteiger partial charge in [-0.2, -0.15) is 0 Å². The Hall–Kier alpha value is -3.67. The van der Waals surface area contributed by atoms with Gasteiger partial charge in [0.25, 0.3) is 0 Å². The van der Waals surface area contributed by atoms with Crippen LogP contribution in [-0.2, 0) is 18.9 Å². The van der Waals surface area contributed by atoms with Crippen molar-refractivity contribution in [1.82, 2.24) is 0 Å². The van der Waals surface area contributed by atoms with Crippen LogP contribution in [0.5, 0.6) is 23.0 Å². The molecule has 2 aromatic carbocycles. The van der Waals surface area contributed by atoms with Crippen LogP contribution < -0.4 is 14.9 Å². The summed E-state index contributed by atoms with van der Waals surface area (Å²) in [5.74, 6) is -1.97. The summed E-state index contributed by atoms with van der Waals surface area (Å²) in [5, 5.41) is 113. The molecule has 19 nitrogen and oxygen atoms in total. The lowest BCUT2D eigenvalue weighted by Crippen LogP contribution is -2.64. The molecule has 3 aliphatic heterocycles. The fourth-order valence-electron chi connectivity index (χ4n) is 6.17. The molecule has 4 heterocycles. The van der Waals surface area contributed by atoms with Crippen molar-refractivity contribution in [2.24, 2.45) is 0 Å². The normalized spacial score (nSPS) is 38.2. The maximum atomic E-state index is 14.2. The van der Waals surface area contributed by atoms with Crippen LogP contribution in [0.2, 0.25) is 0 Å². The van der Waals surface area contributed by atoms with E-state index in [1.165, 1.54) is 44.2 Å². The van der Waals surface area contributed by atoms with Gasteiger partial charge in [0.15, 0.2) is 18.2 Å². The van der Waals surface area contributed by atoms with Gasteiger partial charge in [0.1, 0.15) is 83.2 Å². The molecule has 3 aromatic rings. The first kappa shape index (κ1) is 38.1. The SMILES string of the molecule is C[C@@H]1OC(Oc2cc(O)c3c(=O)c(OC4O[C@H](C)[C@@H](O)[C@H](O)[C@@H]4OC4O[C@H](CO)[C@@H](O)[C@H](O)[C@H]4O)c(-c4ccc(O)cc4)oc3c2)[C@H](O)[C@H](O)[C@H]1O. The summed E-state index contributed by atoms with van der Waals surface area (Å²) >= 11 is 0. The van der Waals surface area contributed by atoms with Gasteiger partial charge < -0.3 is 89.0 Å². The molecule has 0 spiro atoms. The number of hydrogen-bond donors (Lipinski definition) is 11. The fourth-order valence-corrected chi connectivity index (χ4v) is 6.17. The summed E-state index contributed by atoms with van der Waals surface area (Å²) in [6.07, 6.45) is -24.1. The first-order chi connectivity index (χ1) is 24.6. The number of phenolic OH excluding ortho intramolecular Hbond substituents is 2. The highest BCUT2D eigenvalue weighted by molar-refractivity contribution is 5.88. The molecule has 3 aliphatic rings. The number of aliphatic hydroxyl groups is 9. The van der Waals surface area contributed by atoms with Crippen LogP contribution in [-0.4, -0.2) is 155 Å². The monoisotopic (exact) mass is 740 g/mol. The first-order valence-electron chi connectivity index (χ1n) is 16.2. The van der Waals surface area contributed by atoms with E-state index in [-0.39, 0.29) is 28.4 Å². The maximum Gasteiger partial charge on any atom is 0.239 e. The van der Waals surface area contributed by atoms with Crippen molar-refractivity contribution in [3.05, 3.63) is 46.6 Å². The molecule has 0 bridgehead atoms. The second-order valence-electron chi connectivity index (χ2n) is 12.9. The summed E-state index contributed by atoms with van der Waals surface area (Å²) in [6, 6.07) is 7.43. The molecule has 286 valence electrons. The summed E-state index contributed by atoms with van der Waals surface area (Å²) in [6.45, 7) is 2.02. The molecule has 3 saturated heterocycles. The van der Waals surface area contributed by atoms with Crippen LogP contribution in [0.1, 0.15) is 13.8 Å². The molecule has 0 saturated carbocycles. The predicted octanol–water partition coefficient (Wildman–Crippen LogP) is -2.89. The van der Waals surface area contributed by atoms with E-state index in [0.29, 0.717) is 0 Å². The van der Waals surface area contributed by atoms with E-state index in [4.69, 9.17) is 32.8 Å². The average molecular weight is 741 g/mol. The highest BCUT2D eigenvalue weighted by atomic mass is 16.8. The number of ether oxygens (including phenoxy) is 6. The Morgan fingerprint density at radius 3 is 1.92 bits per heavy atom. The zero-order valence-electron chi connectivity index (χ0n) is 27.5. The lowest BCUT2D eigenvalue weighted by molar-refractivity contribution is -0.355. The minimum absolute atomic E-state index is 0.144. The Bertz CT molecular complexity index is 1760. The fraction of sp³-hybridized carbons (Fsp3) is 0.545. The number of phenols is 2. The number of hydrogen-bond acceptors (Lipinski definition) is 19. The lowest BCUT2D eigenvalue weighted by atomic mass is 9.97. The van der Waals surface area contributed by atoms with Crippen molar-refractivity contribution in [2.75, 3.05) is 6.61 Å². The van der Waals surface area contributed by atoms with E-state index in [1.807, 2.05) is 0 Å². The van der Waals surface area contributed by atoms with E-state index in [1.54, 1.807) is 0 Å². The van der Waals surface area contributed by atoms with Crippen molar-refractivity contribution in [3.63, 3.8) is 0 Å². The molecular formula is C33H40O19. The predicted molar refractivity (Wildman–Crippen MR) is 170 cm³/mol. The molecule has 11 N–H and O–H groups in total. The smallest absolute Gasteiger partial charge is 0.239 e. The Balaban J connectivity index is 1.40. The van der Waals surface area contributed by atoms with Gasteiger partial charge in [-0.15, -0.1) is 0 Å². The van der Waals surface area contributed by atoms with E-state index in [9.17, 15) is 61.0 Å². The van der Waals surface area contributed by atoms with Gasteiger partial charge in [-0.05, 0) is 38.1 Å². The molecule has 52 heavy (non-hydrogen) atoms. The molecular weight excluding hydrogens is 700 g/mol. The Labute approximate surface area is 293 Å². The largest absolute Gasteiger partial charge is 0.508 e. The van der Waals surface area contributed by atoms with Crippen LogP contribution in [0.15, 0.2) is 45.6 Å². The van der Waals surface area contributed by atoms with E-state index < -0.39 is 121 Å². The van der Waals surface area contributed by atoms with Gasteiger partial charge in [-0.1, -0.05) is 0 Å². The number of fused-ring (bicyclic) bond motifs is 1. The minimum Gasteiger partial charge on any atom is -0.508 e. The highest BCUT2D eigenvalue weighted by Gasteiger charge is 2.51. The Morgan fingerprint density at radius 2 is 1.27 bits per heavy atom. The van der Waals surface area contributed by atoms with Gasteiger partial charge in [0.2, 0.25) is 23.8 Å². The number of benzene rings is 2. The average Bonchev–Trinajstić information content (AvgIpc) is 3.11. The Morgan fingerprint density at radius 1 is 0.673 bits per heavy atom. The second kappa shape index (κ2) is 15.0. The topological polar surface area (TPSA) is 308 Å². The Kier molecular flexibility index (Phi) is 11.0. The molecule has 3 unspecified atom stereocenters. The standard InChI is InChI=1S/C33H40O19/c1-10-19(37)23(41)26(44)31(46-10)48-14-7-15(36)18-16(8-14)49-28(12-3-5-13(35)6-4-12)29(22(18)40)51-33-30(25(43)20(38)11(2)47-33)52-32-27(45)24(42)21(39)17(9-34)50-32/h3-8,10-11,17,19-21,23-27,30-39,41-45H,9H2,1-2H3/t10-,11+,17+,19-,20+,21+,23+,24-,25-,26+,27+,30-,31?,32?,33?/m0/s1. The molecule has 1 aromatic heterocycles. The number of rotatable bonds is 8. The molecule has 0 radical (unpaired) electrons. The summed E-state index contributed by atoms with van der Waals surface area (Å²) in [4.78, 5) is 14.2. The van der Waals surface area contributed by atoms with Crippen molar-refractivity contribution in [3.8, 4) is 34.3 Å². The molecule has 3 fully saturated rings. The zero-order chi connectivity index (χ0) is 37.8. The molecule has 0 aliphatic carbocycles. The van der Waals surface area contributed by atoms with Crippen molar-refractivity contribution in [1.29, 1.82) is 0 Å². The van der Waals surface area contributed by atoms with Crippen molar-refractivity contribution >= 4 is 11.0 Å². The van der Waals surface area contributed by atoms with Gasteiger partial charge in [-0.25, -0.2) is 0 Å². The molecule has 19 heteroatoms. The van der Waals surface area contributed by atoms with Gasteiger partial charge in [0.05, 0.1) is 18.8 Å². The van der Waals surface area contributed by atoms with Crippen LogP contribution in [0.3, 0.4) is 0 Å². The first-order valence-corrected chi connectivity index (χ1v) is 16.2. The van der Waals surface area contributed by atoms with E-state index in [2.05, 4.69) is 0 Å². The van der Waals surface area contributed by atoms with Gasteiger partial charge in [0, 0.05) is 17.7 Å². The number of aliphatic hydroxyl groups excluding tert-OH is 9. The van der Waals surface area contributed by atoms with Crippen molar-refractivity contribution in [2.45, 2.75) is 106 Å². The van der Waals surface area contributed by atoms with Crippen LogP contribution in [0.4, 0.5) is 0 Å². The van der Waals surface area contributed by atoms with E-state index >= 15 is 0 Å². The van der Waals surface area contributed by atoms with Gasteiger partial charge >= 0.3 is 0 Å². The third-order valence-corrected chi connectivity index (χ3v) is 9.25. The molecule has 6 rings (SSSR count). The zero-order valence-corrected chi connectivity index (χ0v) is 27.5. The van der Waals surface area contributed by atoms with Crippen LogP contribution >= 0.6 is 0 Å². The highest BCUT2D eigenvalue weighted by Crippen LogP contribution is 2.39. The second-order valence-corrected chi connectivity index (χ2v) is 12.9. The molecule has 15 atom stereocenters. The third-order valence-electron chi connectivity index (χ3n) is 9.25. The van der Waals surface area contributed by atoms with Crippen LogP contribution in [0.25, 0.3) is 22.3 Å². The summed E-state index contributed by atoms with van der Waals surface area (Å²) in [7, 11) is 0. The van der Waals surface area contributed by atoms with Crippen LogP contribution in [0, 0.1) is 0 Å². The number of aromatic hydroxyl groups is 2. The van der Waals surface area contributed by atoms with Crippen molar-refractivity contribution < 1.29 is 89.0 Å². The summed E-state index contributed by atoms with van der Waals surface area (Å²) in [5.41, 5.74) is -1.14. The summed E-state index contributed by atoms with van der Waals surface area (Å²) < 4.78 is 40.1. The minimum atomic E-state index is -1.93. The quantitative estimate of drug-likeness (QED) is 0.110. The third kappa shape index (κ3) is 7.03. The molecule has 0 amide bonds.